The second-order valence-corrected chi connectivity index (χ2v) is 6.91. The van der Waals surface area contributed by atoms with E-state index in [0.717, 1.165) is 25.3 Å². The molecule has 0 amide bonds. The first-order chi connectivity index (χ1) is 10.3. The molecule has 0 heterocycles. The summed E-state index contributed by atoms with van der Waals surface area (Å²) in [4.78, 5) is 0. The molecule has 112 valence electrons. The first-order valence-corrected chi connectivity index (χ1v) is 8.52. The lowest BCUT2D eigenvalue weighted by molar-refractivity contribution is 0.219. The van der Waals surface area contributed by atoms with Crippen LogP contribution in [-0.2, 0) is 5.41 Å². The second kappa shape index (κ2) is 6.62. The molecule has 2 fully saturated rings. The zero-order chi connectivity index (χ0) is 14.5. The van der Waals surface area contributed by atoms with Crippen molar-refractivity contribution >= 4 is 0 Å². The lowest BCUT2D eigenvalue weighted by Crippen LogP contribution is -2.51. The fraction of sp³-hybridized carbons (Fsp3) is 0.632. The Hall–Kier alpha value is -1.33. The van der Waals surface area contributed by atoms with E-state index in [-0.39, 0.29) is 5.41 Å². The molecule has 1 aromatic carbocycles. The van der Waals surface area contributed by atoms with Crippen molar-refractivity contribution in [2.45, 2.75) is 62.8 Å². The molecule has 0 radical (unpaired) electrons. The maximum Gasteiger partial charge on any atom is 0.0852 e. The molecule has 0 spiro atoms. The summed E-state index contributed by atoms with van der Waals surface area (Å²) in [7, 11) is 0. The van der Waals surface area contributed by atoms with E-state index >= 15 is 0 Å². The van der Waals surface area contributed by atoms with Gasteiger partial charge in [0.1, 0.15) is 0 Å². The largest absolute Gasteiger partial charge is 0.314 e. The van der Waals surface area contributed by atoms with Crippen LogP contribution >= 0.6 is 0 Å². The third kappa shape index (κ3) is 3.30. The molecular formula is C19H26N2. The van der Waals surface area contributed by atoms with E-state index in [4.69, 9.17) is 0 Å². The van der Waals surface area contributed by atoms with Gasteiger partial charge in [-0.25, -0.2) is 0 Å². The summed E-state index contributed by atoms with van der Waals surface area (Å²) in [6.07, 6.45) is 10.4. The molecule has 0 aromatic heterocycles. The van der Waals surface area contributed by atoms with Crippen LogP contribution in [-0.4, -0.2) is 12.6 Å². The number of hydrogen-bond acceptors (Lipinski definition) is 2. The standard InChI is InChI=1S/C19H26N2/c20-15-19(17-9-5-2-6-10-17)13-18(14-19)21-12-11-16-7-3-1-4-8-16/h2,5-6,9-10,16,18,21H,1,3-4,7-8,11-14H2. The minimum Gasteiger partial charge on any atom is -0.314 e. The van der Waals surface area contributed by atoms with Gasteiger partial charge in [0.2, 0.25) is 0 Å². The fourth-order valence-corrected chi connectivity index (χ4v) is 4.04. The highest BCUT2D eigenvalue weighted by Gasteiger charge is 2.45. The first-order valence-electron chi connectivity index (χ1n) is 8.52. The van der Waals surface area contributed by atoms with E-state index in [1.54, 1.807) is 0 Å². The van der Waals surface area contributed by atoms with Crippen molar-refractivity contribution < 1.29 is 0 Å². The molecule has 1 aromatic rings. The van der Waals surface area contributed by atoms with Gasteiger partial charge in [0, 0.05) is 6.04 Å². The third-order valence-electron chi connectivity index (χ3n) is 5.44. The Kier molecular flexibility index (Phi) is 4.60. The molecule has 2 aliphatic carbocycles. The number of hydrogen-bond donors (Lipinski definition) is 1. The van der Waals surface area contributed by atoms with E-state index in [0.29, 0.717) is 6.04 Å². The Morgan fingerprint density at radius 1 is 1.10 bits per heavy atom. The lowest BCUT2D eigenvalue weighted by atomic mass is 9.62. The summed E-state index contributed by atoms with van der Waals surface area (Å²) in [5, 5.41) is 13.2. The highest BCUT2D eigenvalue weighted by atomic mass is 14.9. The summed E-state index contributed by atoms with van der Waals surface area (Å²) in [6.45, 7) is 1.13. The lowest BCUT2D eigenvalue weighted by Gasteiger charge is -2.43. The normalized spacial score (nSPS) is 29.6. The molecule has 21 heavy (non-hydrogen) atoms. The number of nitrogens with zero attached hydrogens (tertiary/aromatic N) is 1. The quantitative estimate of drug-likeness (QED) is 0.879. The topological polar surface area (TPSA) is 35.8 Å². The van der Waals surface area contributed by atoms with Crippen LogP contribution in [0.2, 0.25) is 0 Å². The zero-order valence-electron chi connectivity index (χ0n) is 12.9. The van der Waals surface area contributed by atoms with E-state index in [2.05, 4.69) is 23.5 Å². The Labute approximate surface area is 128 Å². The predicted molar refractivity (Wildman–Crippen MR) is 85.9 cm³/mol. The van der Waals surface area contributed by atoms with Crippen molar-refractivity contribution in [2.75, 3.05) is 6.54 Å². The number of nitrogens with one attached hydrogen (secondary N) is 1. The summed E-state index contributed by atoms with van der Waals surface area (Å²) in [6, 6.07) is 13.4. The van der Waals surface area contributed by atoms with E-state index in [1.807, 2.05) is 18.2 Å². The minimum absolute atomic E-state index is 0.232. The highest BCUT2D eigenvalue weighted by Crippen LogP contribution is 2.43. The second-order valence-electron chi connectivity index (χ2n) is 6.91. The first kappa shape index (κ1) is 14.6. The van der Waals surface area contributed by atoms with Crippen LogP contribution in [0.15, 0.2) is 30.3 Å². The highest BCUT2D eigenvalue weighted by molar-refractivity contribution is 5.36. The maximum atomic E-state index is 9.56. The Bertz CT molecular complexity index is 476. The van der Waals surface area contributed by atoms with E-state index < -0.39 is 0 Å². The van der Waals surface area contributed by atoms with Crippen molar-refractivity contribution in [1.82, 2.24) is 5.32 Å². The number of nitriles is 1. The molecule has 1 N–H and O–H groups in total. The summed E-state index contributed by atoms with van der Waals surface area (Å²) < 4.78 is 0. The third-order valence-corrected chi connectivity index (χ3v) is 5.44. The molecule has 0 bridgehead atoms. The fourth-order valence-electron chi connectivity index (χ4n) is 4.04. The van der Waals surface area contributed by atoms with E-state index in [9.17, 15) is 5.26 Å². The molecule has 2 heteroatoms. The van der Waals surface area contributed by atoms with Gasteiger partial charge in [0.25, 0.3) is 0 Å². The average molecular weight is 282 g/mol. The molecule has 2 nitrogen and oxygen atoms in total. The molecule has 2 aliphatic rings. The molecule has 3 rings (SSSR count). The van der Waals surface area contributed by atoms with Gasteiger partial charge in [-0.1, -0.05) is 62.4 Å². The van der Waals surface area contributed by atoms with Gasteiger partial charge in [0.05, 0.1) is 11.5 Å². The summed E-state index contributed by atoms with van der Waals surface area (Å²) >= 11 is 0. The van der Waals surface area contributed by atoms with Gasteiger partial charge < -0.3 is 5.32 Å². The Morgan fingerprint density at radius 2 is 1.81 bits per heavy atom. The van der Waals surface area contributed by atoms with Gasteiger partial charge in [-0.2, -0.15) is 5.26 Å². The van der Waals surface area contributed by atoms with Crippen molar-refractivity contribution in [2.24, 2.45) is 5.92 Å². The molecular weight excluding hydrogens is 256 g/mol. The van der Waals surface area contributed by atoms with Gasteiger partial charge in [-0.15, -0.1) is 0 Å². The molecule has 0 atom stereocenters. The van der Waals surface area contributed by atoms with Gasteiger partial charge in [-0.05, 0) is 37.3 Å². The Balaban J connectivity index is 1.43. The van der Waals surface area contributed by atoms with Gasteiger partial charge >= 0.3 is 0 Å². The van der Waals surface area contributed by atoms with Crippen LogP contribution in [0, 0.1) is 17.2 Å². The predicted octanol–water partition coefficient (Wildman–Crippen LogP) is 4.17. The number of rotatable bonds is 5. The van der Waals surface area contributed by atoms with Crippen molar-refractivity contribution in [1.29, 1.82) is 5.26 Å². The maximum absolute atomic E-state index is 9.56. The molecule has 0 unspecified atom stereocenters. The van der Waals surface area contributed by atoms with Gasteiger partial charge in [-0.3, -0.25) is 0 Å². The minimum atomic E-state index is -0.232. The zero-order valence-corrected chi connectivity index (χ0v) is 12.9. The van der Waals surface area contributed by atoms with Gasteiger partial charge in [0.15, 0.2) is 0 Å². The van der Waals surface area contributed by atoms with Crippen LogP contribution in [0.4, 0.5) is 0 Å². The van der Waals surface area contributed by atoms with E-state index in [1.165, 1.54) is 44.1 Å². The van der Waals surface area contributed by atoms with Crippen LogP contribution in [0.5, 0.6) is 0 Å². The number of benzene rings is 1. The summed E-state index contributed by atoms with van der Waals surface area (Å²) in [5.74, 6) is 0.946. The van der Waals surface area contributed by atoms with Crippen LogP contribution < -0.4 is 5.32 Å². The van der Waals surface area contributed by atoms with Crippen LogP contribution in [0.25, 0.3) is 0 Å². The van der Waals surface area contributed by atoms with Crippen LogP contribution in [0.1, 0.15) is 56.9 Å². The summed E-state index contributed by atoms with van der Waals surface area (Å²) in [5.41, 5.74) is 0.960. The van der Waals surface area contributed by atoms with Crippen molar-refractivity contribution in [3.05, 3.63) is 35.9 Å². The van der Waals surface area contributed by atoms with Crippen molar-refractivity contribution in [3.63, 3.8) is 0 Å². The molecule has 2 saturated carbocycles. The van der Waals surface area contributed by atoms with Crippen LogP contribution in [0.3, 0.4) is 0 Å². The molecule has 0 aliphatic heterocycles. The Morgan fingerprint density at radius 3 is 2.48 bits per heavy atom. The SMILES string of the molecule is N#CC1(c2ccccc2)CC(NCCC2CCCCC2)C1. The smallest absolute Gasteiger partial charge is 0.0852 e. The molecule has 0 saturated heterocycles. The van der Waals surface area contributed by atoms with Crippen molar-refractivity contribution in [3.8, 4) is 6.07 Å². The average Bonchev–Trinajstić information content (AvgIpc) is 2.52. The monoisotopic (exact) mass is 282 g/mol.